The van der Waals surface area contributed by atoms with E-state index < -0.39 is 30.2 Å². The fourth-order valence-corrected chi connectivity index (χ4v) is 1.73. The second-order valence-corrected chi connectivity index (χ2v) is 4.14. The van der Waals surface area contributed by atoms with Crippen molar-refractivity contribution in [2.75, 3.05) is 13.7 Å². The first-order valence-electron chi connectivity index (χ1n) is 6.66. The Morgan fingerprint density at radius 3 is 2.20 bits per heavy atom. The fraction of sp³-hybridized carbons (Fsp3) is 0.769. The van der Waals surface area contributed by atoms with Crippen molar-refractivity contribution in [2.24, 2.45) is 0 Å². The van der Waals surface area contributed by atoms with Gasteiger partial charge >= 0.3 is 17.8 Å². The molecule has 0 saturated carbocycles. The number of nitrogens with zero attached hydrogens (tertiary/aromatic N) is 1. The van der Waals surface area contributed by atoms with E-state index in [0.717, 1.165) is 4.90 Å². The molecule has 0 aliphatic heterocycles. The van der Waals surface area contributed by atoms with E-state index in [1.807, 2.05) is 0 Å². The van der Waals surface area contributed by atoms with Crippen molar-refractivity contribution in [1.82, 2.24) is 4.90 Å². The molecule has 0 aromatic rings. The molecule has 2 atom stereocenters. The predicted molar refractivity (Wildman–Crippen MR) is 69.4 cm³/mol. The Morgan fingerprint density at radius 2 is 1.80 bits per heavy atom. The summed E-state index contributed by atoms with van der Waals surface area (Å²) in [5.74, 6) is -2.96. The summed E-state index contributed by atoms with van der Waals surface area (Å²) < 4.78 is 22.2. The van der Waals surface area contributed by atoms with Gasteiger partial charge in [0.1, 0.15) is 6.04 Å². The number of alkyl halides is 1. The molecule has 7 heteroatoms. The lowest BCUT2D eigenvalue weighted by atomic mass is 10.2. The van der Waals surface area contributed by atoms with E-state index in [0.29, 0.717) is 6.42 Å². The third-order valence-electron chi connectivity index (χ3n) is 2.76. The van der Waals surface area contributed by atoms with Gasteiger partial charge < -0.3 is 14.4 Å². The summed E-state index contributed by atoms with van der Waals surface area (Å²) in [5, 5.41) is 0. The third-order valence-corrected chi connectivity index (χ3v) is 2.76. The van der Waals surface area contributed by atoms with E-state index in [1.165, 1.54) is 7.11 Å². The maximum absolute atomic E-state index is 13.2. The van der Waals surface area contributed by atoms with Gasteiger partial charge in [0.15, 0.2) is 0 Å². The molecular formula is C13H22FNO5. The van der Waals surface area contributed by atoms with Crippen LogP contribution in [0.4, 0.5) is 4.39 Å². The zero-order valence-electron chi connectivity index (χ0n) is 12.3. The van der Waals surface area contributed by atoms with Gasteiger partial charge in [-0.25, -0.2) is 14.0 Å². The maximum atomic E-state index is 13.2. The average Bonchev–Trinajstić information content (AvgIpc) is 2.43. The van der Waals surface area contributed by atoms with E-state index in [2.05, 4.69) is 9.47 Å². The van der Waals surface area contributed by atoms with Crippen molar-refractivity contribution in [1.29, 1.82) is 0 Å². The topological polar surface area (TPSA) is 72.9 Å². The van der Waals surface area contributed by atoms with Crippen LogP contribution in [0.15, 0.2) is 0 Å². The summed E-state index contributed by atoms with van der Waals surface area (Å²) >= 11 is 0. The number of carbonyl (C=O) groups excluding carboxylic acids is 3. The molecule has 0 saturated heterocycles. The molecule has 2 unspecified atom stereocenters. The number of halogens is 1. The van der Waals surface area contributed by atoms with Crippen molar-refractivity contribution in [3.63, 3.8) is 0 Å². The lowest BCUT2D eigenvalue weighted by Crippen LogP contribution is -2.48. The van der Waals surface area contributed by atoms with Crippen molar-refractivity contribution in [2.45, 2.75) is 52.4 Å². The van der Waals surface area contributed by atoms with Crippen LogP contribution in [-0.4, -0.2) is 48.8 Å². The standard InChI is InChI=1S/C13H22FNO5/c1-5-8-10(14)20-13(18)11(16)15(7-3)9(6-2)12(17)19-4/h9-10H,5-8H2,1-4H3. The average molecular weight is 291 g/mol. The van der Waals surface area contributed by atoms with Gasteiger partial charge in [0.25, 0.3) is 0 Å². The molecule has 0 rings (SSSR count). The Labute approximate surface area is 118 Å². The number of hydrogen-bond acceptors (Lipinski definition) is 5. The van der Waals surface area contributed by atoms with Crippen LogP contribution in [0.25, 0.3) is 0 Å². The highest BCUT2D eigenvalue weighted by atomic mass is 19.1. The summed E-state index contributed by atoms with van der Waals surface area (Å²) in [4.78, 5) is 36.0. The third kappa shape index (κ3) is 5.14. The molecule has 116 valence electrons. The molecule has 20 heavy (non-hydrogen) atoms. The number of ether oxygens (including phenoxy) is 2. The molecule has 0 aliphatic rings. The van der Waals surface area contributed by atoms with Crippen LogP contribution < -0.4 is 0 Å². The van der Waals surface area contributed by atoms with Crippen LogP contribution in [-0.2, 0) is 23.9 Å². The minimum Gasteiger partial charge on any atom is -0.467 e. The normalized spacial score (nSPS) is 13.2. The lowest BCUT2D eigenvalue weighted by molar-refractivity contribution is -0.173. The first-order valence-corrected chi connectivity index (χ1v) is 6.66. The molecule has 0 bridgehead atoms. The Hall–Kier alpha value is -1.66. The Bertz CT molecular complexity index is 348. The molecule has 0 heterocycles. The van der Waals surface area contributed by atoms with Gasteiger partial charge in [0.2, 0.25) is 6.36 Å². The van der Waals surface area contributed by atoms with Gasteiger partial charge in [-0.3, -0.25) is 4.79 Å². The van der Waals surface area contributed by atoms with Gasteiger partial charge in [0, 0.05) is 13.0 Å². The largest absolute Gasteiger partial charge is 0.467 e. The van der Waals surface area contributed by atoms with E-state index in [9.17, 15) is 18.8 Å². The lowest BCUT2D eigenvalue weighted by Gasteiger charge is -2.27. The first kappa shape index (κ1) is 18.3. The van der Waals surface area contributed by atoms with Crippen LogP contribution in [0.5, 0.6) is 0 Å². The van der Waals surface area contributed by atoms with Gasteiger partial charge in [0.05, 0.1) is 7.11 Å². The van der Waals surface area contributed by atoms with Crippen LogP contribution in [0.3, 0.4) is 0 Å². The molecule has 6 nitrogen and oxygen atoms in total. The van der Waals surface area contributed by atoms with Crippen molar-refractivity contribution in [3.8, 4) is 0 Å². The molecule has 1 amide bonds. The number of rotatable bonds is 7. The van der Waals surface area contributed by atoms with Crippen LogP contribution >= 0.6 is 0 Å². The molecule has 0 aromatic carbocycles. The Balaban J connectivity index is 4.83. The van der Waals surface area contributed by atoms with E-state index in [1.54, 1.807) is 20.8 Å². The van der Waals surface area contributed by atoms with Crippen molar-refractivity contribution in [3.05, 3.63) is 0 Å². The van der Waals surface area contributed by atoms with Gasteiger partial charge in [-0.2, -0.15) is 0 Å². The number of hydrogen-bond donors (Lipinski definition) is 0. The van der Waals surface area contributed by atoms with E-state index >= 15 is 0 Å². The fourth-order valence-electron chi connectivity index (χ4n) is 1.73. The monoisotopic (exact) mass is 291 g/mol. The SMILES string of the molecule is CCCC(F)OC(=O)C(=O)N(CC)C(CC)C(=O)OC. The summed E-state index contributed by atoms with van der Waals surface area (Å²) in [7, 11) is 1.19. The maximum Gasteiger partial charge on any atom is 0.399 e. The minimum absolute atomic E-state index is 0.0271. The Morgan fingerprint density at radius 1 is 1.20 bits per heavy atom. The Kier molecular flexibility index (Phi) is 8.51. The zero-order valence-corrected chi connectivity index (χ0v) is 12.3. The smallest absolute Gasteiger partial charge is 0.399 e. The molecule has 0 radical (unpaired) electrons. The number of esters is 2. The molecule has 0 aromatic heterocycles. The van der Waals surface area contributed by atoms with Crippen molar-refractivity contribution >= 4 is 17.8 Å². The zero-order chi connectivity index (χ0) is 15.7. The highest BCUT2D eigenvalue weighted by molar-refractivity contribution is 6.32. The first-order chi connectivity index (χ1) is 9.42. The number of methoxy groups -OCH3 is 1. The van der Waals surface area contributed by atoms with Gasteiger partial charge in [-0.1, -0.05) is 13.8 Å². The van der Waals surface area contributed by atoms with E-state index in [-0.39, 0.29) is 19.4 Å². The van der Waals surface area contributed by atoms with Gasteiger partial charge in [-0.05, 0) is 19.8 Å². The quantitative estimate of drug-likeness (QED) is 0.524. The highest BCUT2D eigenvalue weighted by Crippen LogP contribution is 2.10. The summed E-state index contributed by atoms with van der Waals surface area (Å²) in [6.07, 6.45) is -1.01. The van der Waals surface area contributed by atoms with Crippen molar-refractivity contribution < 1.29 is 28.2 Å². The van der Waals surface area contributed by atoms with Gasteiger partial charge in [-0.15, -0.1) is 0 Å². The second kappa shape index (κ2) is 9.28. The molecule has 0 fully saturated rings. The summed E-state index contributed by atoms with van der Waals surface area (Å²) in [6, 6.07) is -0.880. The summed E-state index contributed by atoms with van der Waals surface area (Å²) in [5.41, 5.74) is 0. The number of carbonyl (C=O) groups is 3. The van der Waals surface area contributed by atoms with Crippen LogP contribution in [0, 0.1) is 0 Å². The van der Waals surface area contributed by atoms with Crippen LogP contribution in [0.1, 0.15) is 40.0 Å². The molecular weight excluding hydrogens is 269 g/mol. The summed E-state index contributed by atoms with van der Waals surface area (Å²) in [6.45, 7) is 5.13. The second-order valence-electron chi connectivity index (χ2n) is 4.14. The highest BCUT2D eigenvalue weighted by Gasteiger charge is 2.33. The van der Waals surface area contributed by atoms with Crippen LogP contribution in [0.2, 0.25) is 0 Å². The van der Waals surface area contributed by atoms with E-state index in [4.69, 9.17) is 0 Å². The number of likely N-dealkylation sites (N-methyl/N-ethyl adjacent to an activating group) is 1. The molecule has 0 spiro atoms. The number of amides is 1. The molecule has 0 aliphatic carbocycles. The minimum atomic E-state index is -1.81. The molecule has 0 N–H and O–H groups in total. The predicted octanol–water partition coefficient (Wildman–Crippen LogP) is 1.43.